The lowest BCUT2D eigenvalue weighted by molar-refractivity contribution is 0.532. The van der Waals surface area contributed by atoms with Gasteiger partial charge in [-0.05, 0) is 12.3 Å². The zero-order valence-corrected chi connectivity index (χ0v) is 8.89. The van der Waals surface area contributed by atoms with Gasteiger partial charge in [-0.15, -0.1) is 0 Å². The minimum absolute atomic E-state index is 0.117. The van der Waals surface area contributed by atoms with Gasteiger partial charge in [-0.1, -0.05) is 20.8 Å². The maximum absolute atomic E-state index is 11.5. The van der Waals surface area contributed by atoms with E-state index in [-0.39, 0.29) is 23.5 Å². The Morgan fingerprint density at radius 1 is 1.33 bits per heavy atom. The van der Waals surface area contributed by atoms with E-state index in [1.54, 1.807) is 0 Å². The molecule has 0 saturated carbocycles. The summed E-state index contributed by atoms with van der Waals surface area (Å²) in [5.41, 5.74) is 5.41. The van der Waals surface area contributed by atoms with E-state index in [0.717, 1.165) is 0 Å². The van der Waals surface area contributed by atoms with Crippen LogP contribution in [0.2, 0.25) is 0 Å². The summed E-state index contributed by atoms with van der Waals surface area (Å²) in [4.78, 5) is 0. The Morgan fingerprint density at radius 3 is 2.08 bits per heavy atom. The van der Waals surface area contributed by atoms with Crippen molar-refractivity contribution >= 4 is 9.84 Å². The quantitative estimate of drug-likeness (QED) is 0.702. The van der Waals surface area contributed by atoms with Gasteiger partial charge in [0.15, 0.2) is 9.84 Å². The van der Waals surface area contributed by atoms with Crippen molar-refractivity contribution in [2.24, 2.45) is 11.7 Å². The van der Waals surface area contributed by atoms with Crippen LogP contribution < -0.4 is 5.73 Å². The molecule has 0 aromatic carbocycles. The van der Waals surface area contributed by atoms with E-state index in [4.69, 9.17) is 5.73 Å². The van der Waals surface area contributed by atoms with Crippen LogP contribution in [0.25, 0.3) is 0 Å². The van der Waals surface area contributed by atoms with E-state index in [2.05, 4.69) is 0 Å². The second-order valence-corrected chi connectivity index (χ2v) is 5.72. The molecule has 0 aliphatic heterocycles. The standard InChI is InChI=1S/C8H19NO2S/c1-4-5-12(10,11)8(6-9)7(2)3/h7-8H,4-6,9H2,1-3H3. The summed E-state index contributed by atoms with van der Waals surface area (Å²) in [6.07, 6.45) is 0.672. The molecular formula is C8H19NO2S. The van der Waals surface area contributed by atoms with Gasteiger partial charge in [0.1, 0.15) is 0 Å². The number of rotatable bonds is 5. The lowest BCUT2D eigenvalue weighted by Crippen LogP contribution is -2.35. The number of hydrogen-bond acceptors (Lipinski definition) is 3. The molecule has 4 heteroatoms. The van der Waals surface area contributed by atoms with Crippen LogP contribution in [0.3, 0.4) is 0 Å². The molecule has 0 fully saturated rings. The molecule has 0 aromatic heterocycles. The first-order valence-corrected chi connectivity index (χ1v) is 6.08. The summed E-state index contributed by atoms with van der Waals surface area (Å²) in [6, 6.07) is 0. The van der Waals surface area contributed by atoms with Gasteiger partial charge < -0.3 is 5.73 Å². The molecule has 0 bridgehead atoms. The van der Waals surface area contributed by atoms with E-state index in [0.29, 0.717) is 6.42 Å². The van der Waals surface area contributed by atoms with Gasteiger partial charge in [0, 0.05) is 6.54 Å². The minimum atomic E-state index is -2.95. The van der Waals surface area contributed by atoms with Crippen LogP contribution in [-0.4, -0.2) is 26.0 Å². The minimum Gasteiger partial charge on any atom is -0.329 e. The van der Waals surface area contributed by atoms with Crippen LogP contribution in [0.15, 0.2) is 0 Å². The molecule has 1 atom stereocenters. The lowest BCUT2D eigenvalue weighted by atomic mass is 10.1. The highest BCUT2D eigenvalue weighted by Crippen LogP contribution is 2.12. The zero-order chi connectivity index (χ0) is 9.78. The molecule has 74 valence electrons. The zero-order valence-electron chi connectivity index (χ0n) is 8.08. The van der Waals surface area contributed by atoms with Crippen molar-refractivity contribution in [2.75, 3.05) is 12.3 Å². The normalized spacial score (nSPS) is 15.1. The summed E-state index contributed by atoms with van der Waals surface area (Å²) < 4.78 is 23.0. The fraction of sp³-hybridized carbons (Fsp3) is 1.00. The highest BCUT2D eigenvalue weighted by molar-refractivity contribution is 7.92. The molecule has 0 aliphatic rings. The highest BCUT2D eigenvalue weighted by Gasteiger charge is 2.25. The SMILES string of the molecule is CCCS(=O)(=O)C(CN)C(C)C. The third kappa shape index (κ3) is 3.11. The molecule has 3 nitrogen and oxygen atoms in total. The first kappa shape index (κ1) is 11.9. The summed E-state index contributed by atoms with van der Waals surface area (Å²) in [5.74, 6) is 0.374. The summed E-state index contributed by atoms with van der Waals surface area (Å²) >= 11 is 0. The van der Waals surface area contributed by atoms with E-state index in [1.165, 1.54) is 0 Å². The number of hydrogen-bond donors (Lipinski definition) is 1. The van der Waals surface area contributed by atoms with Crippen LogP contribution in [0.4, 0.5) is 0 Å². The van der Waals surface area contributed by atoms with E-state index >= 15 is 0 Å². The molecule has 0 amide bonds. The molecule has 12 heavy (non-hydrogen) atoms. The Morgan fingerprint density at radius 2 is 1.83 bits per heavy atom. The molecule has 2 N–H and O–H groups in total. The Balaban J connectivity index is 4.49. The average molecular weight is 193 g/mol. The van der Waals surface area contributed by atoms with Crippen LogP contribution in [0, 0.1) is 5.92 Å². The first-order chi connectivity index (χ1) is 5.45. The molecule has 0 saturated heterocycles. The molecular weight excluding hydrogens is 174 g/mol. The molecule has 0 radical (unpaired) electrons. The van der Waals surface area contributed by atoms with Crippen molar-refractivity contribution in [1.82, 2.24) is 0 Å². The summed E-state index contributed by atoms with van der Waals surface area (Å²) in [7, 11) is -2.95. The van der Waals surface area contributed by atoms with Gasteiger partial charge in [-0.3, -0.25) is 0 Å². The smallest absolute Gasteiger partial charge is 0.154 e. The Bertz CT molecular complexity index is 209. The van der Waals surface area contributed by atoms with Crippen molar-refractivity contribution in [1.29, 1.82) is 0 Å². The monoisotopic (exact) mass is 193 g/mol. The van der Waals surface area contributed by atoms with Crippen molar-refractivity contribution in [2.45, 2.75) is 32.4 Å². The molecule has 0 heterocycles. The third-order valence-electron chi connectivity index (χ3n) is 1.93. The molecule has 0 spiro atoms. The van der Waals surface area contributed by atoms with Crippen LogP contribution >= 0.6 is 0 Å². The predicted molar refractivity (Wildman–Crippen MR) is 51.8 cm³/mol. The second kappa shape index (κ2) is 4.82. The Labute approximate surface area is 75.3 Å². The molecule has 0 aliphatic carbocycles. The van der Waals surface area contributed by atoms with Gasteiger partial charge in [-0.2, -0.15) is 0 Å². The first-order valence-electron chi connectivity index (χ1n) is 4.37. The third-order valence-corrected chi connectivity index (χ3v) is 4.56. The van der Waals surface area contributed by atoms with Gasteiger partial charge >= 0.3 is 0 Å². The van der Waals surface area contributed by atoms with Crippen molar-refractivity contribution in [3.63, 3.8) is 0 Å². The van der Waals surface area contributed by atoms with E-state index in [1.807, 2.05) is 20.8 Å². The average Bonchev–Trinajstić information content (AvgIpc) is 1.86. The van der Waals surface area contributed by atoms with E-state index < -0.39 is 9.84 Å². The predicted octanol–water partition coefficient (Wildman–Crippen LogP) is 0.795. The number of sulfone groups is 1. The molecule has 1 unspecified atom stereocenters. The van der Waals surface area contributed by atoms with Crippen LogP contribution in [0.1, 0.15) is 27.2 Å². The largest absolute Gasteiger partial charge is 0.329 e. The maximum Gasteiger partial charge on any atom is 0.154 e. The van der Waals surface area contributed by atoms with Gasteiger partial charge in [0.05, 0.1) is 11.0 Å². The lowest BCUT2D eigenvalue weighted by Gasteiger charge is -2.18. The molecule has 0 aromatic rings. The summed E-state index contributed by atoms with van der Waals surface area (Å²) in [6.45, 7) is 5.89. The van der Waals surface area contributed by atoms with Gasteiger partial charge in [0.2, 0.25) is 0 Å². The van der Waals surface area contributed by atoms with Crippen molar-refractivity contribution < 1.29 is 8.42 Å². The van der Waals surface area contributed by atoms with Crippen molar-refractivity contribution in [3.8, 4) is 0 Å². The Kier molecular flexibility index (Phi) is 4.78. The topological polar surface area (TPSA) is 60.2 Å². The van der Waals surface area contributed by atoms with Gasteiger partial charge in [0.25, 0.3) is 0 Å². The van der Waals surface area contributed by atoms with Gasteiger partial charge in [-0.25, -0.2) is 8.42 Å². The van der Waals surface area contributed by atoms with Crippen LogP contribution in [-0.2, 0) is 9.84 Å². The fourth-order valence-electron chi connectivity index (χ4n) is 1.27. The second-order valence-electron chi connectivity index (χ2n) is 3.39. The Hall–Kier alpha value is -0.0900. The maximum atomic E-state index is 11.5. The van der Waals surface area contributed by atoms with E-state index in [9.17, 15) is 8.42 Å². The highest BCUT2D eigenvalue weighted by atomic mass is 32.2. The fourth-order valence-corrected chi connectivity index (χ4v) is 3.26. The number of nitrogens with two attached hydrogens (primary N) is 1. The summed E-state index contributed by atoms with van der Waals surface area (Å²) in [5, 5.41) is -0.363. The molecule has 0 rings (SSSR count). The van der Waals surface area contributed by atoms with Crippen LogP contribution in [0.5, 0.6) is 0 Å². The van der Waals surface area contributed by atoms with Crippen molar-refractivity contribution in [3.05, 3.63) is 0 Å².